The van der Waals surface area contributed by atoms with E-state index in [0.29, 0.717) is 31.0 Å². The molecule has 2 aromatic carbocycles. The van der Waals surface area contributed by atoms with E-state index in [1.807, 2.05) is 54.6 Å². The minimum absolute atomic E-state index is 0.103. The fourth-order valence-corrected chi connectivity index (χ4v) is 3.69. The number of urea groups is 1. The van der Waals surface area contributed by atoms with Crippen LogP contribution in [0.3, 0.4) is 0 Å². The third-order valence-corrected chi connectivity index (χ3v) is 5.40. The van der Waals surface area contributed by atoms with Gasteiger partial charge in [-0.1, -0.05) is 66.9 Å². The van der Waals surface area contributed by atoms with Gasteiger partial charge in [-0.15, -0.1) is 0 Å². The smallest absolute Gasteiger partial charge is 0.315 e. The molecule has 28 heavy (non-hydrogen) atoms. The molecule has 0 spiro atoms. The third-order valence-electron chi connectivity index (χ3n) is 5.15. The Morgan fingerprint density at radius 3 is 2.25 bits per heavy atom. The predicted octanol–water partition coefficient (Wildman–Crippen LogP) is 3.81. The molecule has 0 bridgehead atoms. The Hall–Kier alpha value is -2.53. The van der Waals surface area contributed by atoms with E-state index in [2.05, 4.69) is 16.0 Å². The highest BCUT2D eigenvalue weighted by atomic mass is 35.5. The number of carbonyl (C=O) groups is 2. The van der Waals surface area contributed by atoms with Gasteiger partial charge in [0.2, 0.25) is 5.91 Å². The molecular weight excluding hydrogens is 374 g/mol. The van der Waals surface area contributed by atoms with Crippen molar-refractivity contribution in [1.29, 1.82) is 0 Å². The lowest BCUT2D eigenvalue weighted by atomic mass is 9.96. The molecule has 0 atom stereocenters. The van der Waals surface area contributed by atoms with Crippen LogP contribution in [0.5, 0.6) is 0 Å². The van der Waals surface area contributed by atoms with Crippen molar-refractivity contribution in [3.63, 3.8) is 0 Å². The van der Waals surface area contributed by atoms with Crippen LogP contribution in [0, 0.1) is 0 Å². The first kappa shape index (κ1) is 20.2. The molecule has 3 rings (SSSR count). The summed E-state index contributed by atoms with van der Waals surface area (Å²) in [6.45, 7) is 0.955. The molecule has 148 valence electrons. The number of carbonyl (C=O) groups excluding carboxylic acids is 2. The fraction of sp³-hybridized carbons (Fsp3) is 0.364. The normalized spacial score (nSPS) is 15.0. The van der Waals surface area contributed by atoms with E-state index in [9.17, 15) is 9.59 Å². The van der Waals surface area contributed by atoms with Crippen molar-refractivity contribution in [1.82, 2.24) is 16.0 Å². The summed E-state index contributed by atoms with van der Waals surface area (Å²) >= 11 is 5.90. The number of rotatable bonds is 7. The molecular formula is C22H26ClN3O2. The summed E-state index contributed by atoms with van der Waals surface area (Å²) in [6, 6.07) is 17.0. The minimum atomic E-state index is -0.819. The van der Waals surface area contributed by atoms with Gasteiger partial charge in [-0.25, -0.2) is 4.79 Å². The van der Waals surface area contributed by atoms with Crippen molar-refractivity contribution < 1.29 is 9.59 Å². The molecule has 5 nitrogen and oxygen atoms in total. The number of halogens is 1. The summed E-state index contributed by atoms with van der Waals surface area (Å²) in [5, 5.41) is 9.48. The maximum Gasteiger partial charge on any atom is 0.315 e. The average Bonchev–Trinajstić information content (AvgIpc) is 3.18. The Bertz CT molecular complexity index is 787. The SMILES string of the molecule is O=C(NCc1ccccc1)NC1(C(=O)NCCc2ccc(Cl)cc2)CCCC1. The number of amides is 3. The van der Waals surface area contributed by atoms with Gasteiger partial charge < -0.3 is 16.0 Å². The molecule has 1 saturated carbocycles. The van der Waals surface area contributed by atoms with Gasteiger partial charge in [-0.05, 0) is 42.5 Å². The summed E-state index contributed by atoms with van der Waals surface area (Å²) in [7, 11) is 0. The van der Waals surface area contributed by atoms with Crippen molar-refractivity contribution >= 4 is 23.5 Å². The van der Waals surface area contributed by atoms with Gasteiger partial charge in [0.15, 0.2) is 0 Å². The predicted molar refractivity (Wildman–Crippen MR) is 111 cm³/mol. The number of nitrogens with one attached hydrogen (secondary N) is 3. The lowest BCUT2D eigenvalue weighted by Crippen LogP contribution is -2.59. The lowest BCUT2D eigenvalue weighted by molar-refractivity contribution is -0.127. The monoisotopic (exact) mass is 399 g/mol. The second kappa shape index (κ2) is 9.60. The molecule has 0 radical (unpaired) electrons. The first-order valence-corrected chi connectivity index (χ1v) is 10.1. The van der Waals surface area contributed by atoms with Gasteiger partial charge in [0.25, 0.3) is 0 Å². The molecule has 0 aliphatic heterocycles. The van der Waals surface area contributed by atoms with Gasteiger partial charge >= 0.3 is 6.03 Å². The molecule has 3 N–H and O–H groups in total. The summed E-state index contributed by atoms with van der Waals surface area (Å²) in [5.74, 6) is -0.103. The Morgan fingerprint density at radius 1 is 0.893 bits per heavy atom. The van der Waals surface area contributed by atoms with Crippen LogP contribution in [0.2, 0.25) is 5.02 Å². The first-order valence-electron chi connectivity index (χ1n) is 9.70. The van der Waals surface area contributed by atoms with E-state index < -0.39 is 5.54 Å². The second-order valence-corrected chi connectivity index (χ2v) is 7.65. The van der Waals surface area contributed by atoms with Gasteiger partial charge in [0.05, 0.1) is 0 Å². The van der Waals surface area contributed by atoms with Crippen molar-refractivity contribution in [3.8, 4) is 0 Å². The minimum Gasteiger partial charge on any atom is -0.354 e. The Balaban J connectivity index is 1.51. The highest BCUT2D eigenvalue weighted by molar-refractivity contribution is 6.30. The molecule has 2 aromatic rings. The number of benzene rings is 2. The van der Waals surface area contributed by atoms with E-state index in [4.69, 9.17) is 11.6 Å². The fourth-order valence-electron chi connectivity index (χ4n) is 3.57. The zero-order chi connectivity index (χ0) is 19.8. The van der Waals surface area contributed by atoms with Crippen molar-refractivity contribution in [2.75, 3.05) is 6.54 Å². The van der Waals surface area contributed by atoms with Crippen molar-refractivity contribution in [2.45, 2.75) is 44.2 Å². The zero-order valence-electron chi connectivity index (χ0n) is 15.8. The second-order valence-electron chi connectivity index (χ2n) is 7.21. The molecule has 0 heterocycles. The van der Waals surface area contributed by atoms with Crippen LogP contribution in [0.15, 0.2) is 54.6 Å². The van der Waals surface area contributed by atoms with Crippen LogP contribution in [-0.2, 0) is 17.8 Å². The quantitative estimate of drug-likeness (QED) is 0.662. The molecule has 1 fully saturated rings. The van der Waals surface area contributed by atoms with E-state index in [1.54, 1.807) is 0 Å². The molecule has 0 aromatic heterocycles. The van der Waals surface area contributed by atoms with Gasteiger partial charge in [0, 0.05) is 18.1 Å². The molecule has 6 heteroatoms. The largest absolute Gasteiger partial charge is 0.354 e. The number of hydrogen-bond acceptors (Lipinski definition) is 2. The van der Waals surface area contributed by atoms with E-state index in [-0.39, 0.29) is 11.9 Å². The van der Waals surface area contributed by atoms with Crippen LogP contribution >= 0.6 is 11.6 Å². The average molecular weight is 400 g/mol. The Morgan fingerprint density at radius 2 is 1.57 bits per heavy atom. The number of hydrogen-bond donors (Lipinski definition) is 3. The summed E-state index contributed by atoms with van der Waals surface area (Å²) in [5.41, 5.74) is 1.31. The van der Waals surface area contributed by atoms with E-state index in [0.717, 1.165) is 30.4 Å². The lowest BCUT2D eigenvalue weighted by Gasteiger charge is -2.29. The summed E-state index contributed by atoms with van der Waals surface area (Å²) < 4.78 is 0. The Kier molecular flexibility index (Phi) is 6.93. The molecule has 0 unspecified atom stereocenters. The zero-order valence-corrected chi connectivity index (χ0v) is 16.6. The highest BCUT2D eigenvalue weighted by Crippen LogP contribution is 2.30. The van der Waals surface area contributed by atoms with Gasteiger partial charge in [-0.3, -0.25) is 4.79 Å². The van der Waals surface area contributed by atoms with Crippen molar-refractivity contribution in [2.24, 2.45) is 0 Å². The topological polar surface area (TPSA) is 70.2 Å². The molecule has 1 aliphatic carbocycles. The van der Waals surface area contributed by atoms with Crippen LogP contribution in [0.4, 0.5) is 4.79 Å². The van der Waals surface area contributed by atoms with E-state index >= 15 is 0 Å². The first-order chi connectivity index (χ1) is 13.6. The summed E-state index contributed by atoms with van der Waals surface area (Å²) in [4.78, 5) is 25.2. The van der Waals surface area contributed by atoms with Crippen LogP contribution in [0.1, 0.15) is 36.8 Å². The maximum atomic E-state index is 12.8. The molecule has 0 saturated heterocycles. The van der Waals surface area contributed by atoms with Crippen LogP contribution in [-0.4, -0.2) is 24.0 Å². The van der Waals surface area contributed by atoms with Crippen LogP contribution < -0.4 is 16.0 Å². The van der Waals surface area contributed by atoms with E-state index in [1.165, 1.54) is 0 Å². The standard InChI is InChI=1S/C22H26ClN3O2/c23-19-10-8-17(9-11-19)12-15-24-20(27)22(13-4-5-14-22)26-21(28)25-16-18-6-2-1-3-7-18/h1-3,6-11H,4-5,12-16H2,(H,24,27)(H2,25,26,28). The Labute approximate surface area is 170 Å². The van der Waals surface area contributed by atoms with Crippen LogP contribution in [0.25, 0.3) is 0 Å². The summed E-state index contributed by atoms with van der Waals surface area (Å²) in [6.07, 6.45) is 3.92. The highest BCUT2D eigenvalue weighted by Gasteiger charge is 2.42. The third kappa shape index (κ3) is 5.49. The van der Waals surface area contributed by atoms with Gasteiger partial charge in [-0.2, -0.15) is 0 Å². The molecule has 3 amide bonds. The van der Waals surface area contributed by atoms with Crippen molar-refractivity contribution in [3.05, 3.63) is 70.7 Å². The molecule has 1 aliphatic rings. The van der Waals surface area contributed by atoms with Gasteiger partial charge in [0.1, 0.15) is 5.54 Å². The maximum absolute atomic E-state index is 12.8.